The second-order valence-electron chi connectivity index (χ2n) is 9.68. The molecule has 164 valence electrons. The summed E-state index contributed by atoms with van der Waals surface area (Å²) in [7, 11) is 1.16. The van der Waals surface area contributed by atoms with Gasteiger partial charge in [-0.15, -0.1) is 0 Å². The minimum Gasteiger partial charge on any atom is -0.497 e. The summed E-state index contributed by atoms with van der Waals surface area (Å²) in [6.07, 6.45) is 1.57. The molecule has 0 atom stereocenters. The average Bonchev–Trinajstić information content (AvgIpc) is 3.10. The Hall–Kier alpha value is -2.19. The molecular formula is C22H33BN2O5. The fourth-order valence-corrected chi connectivity index (χ4v) is 3.37. The Labute approximate surface area is 179 Å². The molecule has 3 rings (SSSR count). The van der Waals surface area contributed by atoms with E-state index in [1.54, 1.807) is 7.11 Å². The van der Waals surface area contributed by atoms with E-state index >= 15 is 0 Å². The highest BCUT2D eigenvalue weighted by Crippen LogP contribution is 2.37. The van der Waals surface area contributed by atoms with Crippen LogP contribution in [0.15, 0.2) is 24.4 Å². The summed E-state index contributed by atoms with van der Waals surface area (Å²) in [6, 6.07) is 5.99. The summed E-state index contributed by atoms with van der Waals surface area (Å²) in [5, 5.41) is 3.83. The van der Waals surface area contributed by atoms with Gasteiger partial charge in [0.25, 0.3) is 0 Å². The number of aromatic nitrogens is 1. The molecule has 8 heteroatoms. The lowest BCUT2D eigenvalue weighted by Gasteiger charge is -2.32. The lowest BCUT2D eigenvalue weighted by atomic mass is 9.77. The zero-order valence-corrected chi connectivity index (χ0v) is 19.3. The molecule has 0 unspecified atom stereocenters. The quantitative estimate of drug-likeness (QED) is 0.756. The molecule has 7 nitrogen and oxygen atoms in total. The minimum absolute atomic E-state index is 0.422. The molecule has 0 bridgehead atoms. The van der Waals surface area contributed by atoms with Gasteiger partial charge in [0.1, 0.15) is 11.4 Å². The number of carbonyl (C=O) groups excluding carboxylic acids is 1. The Morgan fingerprint density at radius 1 is 1.17 bits per heavy atom. The number of hydrogen-bond donors (Lipinski definition) is 1. The first-order chi connectivity index (χ1) is 13.8. The van der Waals surface area contributed by atoms with E-state index in [2.05, 4.69) is 9.88 Å². The average molecular weight is 416 g/mol. The molecule has 1 fully saturated rings. The molecule has 0 radical (unpaired) electrons. The third kappa shape index (κ3) is 4.60. The zero-order chi connectivity index (χ0) is 22.3. The van der Waals surface area contributed by atoms with Crippen LogP contribution in [0.1, 0.15) is 48.5 Å². The van der Waals surface area contributed by atoms with E-state index in [9.17, 15) is 4.79 Å². The Kier molecular flexibility index (Phi) is 5.86. The molecule has 1 aromatic heterocycles. The van der Waals surface area contributed by atoms with Crippen molar-refractivity contribution >= 4 is 29.6 Å². The first-order valence-electron chi connectivity index (χ1n) is 10.3. The van der Waals surface area contributed by atoms with Gasteiger partial charge in [0, 0.05) is 25.4 Å². The predicted molar refractivity (Wildman–Crippen MR) is 118 cm³/mol. The highest BCUT2D eigenvalue weighted by molar-refractivity contribution is 6.65. The van der Waals surface area contributed by atoms with Gasteiger partial charge >= 0.3 is 13.2 Å². The molecule has 1 amide bonds. The van der Waals surface area contributed by atoms with Crippen LogP contribution in [0.2, 0.25) is 0 Å². The summed E-state index contributed by atoms with van der Waals surface area (Å²) in [5.41, 5.74) is 0.557. The maximum absolute atomic E-state index is 11.9. The third-order valence-electron chi connectivity index (χ3n) is 5.66. The summed E-state index contributed by atoms with van der Waals surface area (Å²) >= 11 is 0. The van der Waals surface area contributed by atoms with Gasteiger partial charge in [-0.05, 0) is 71.4 Å². The minimum atomic E-state index is -0.519. The van der Waals surface area contributed by atoms with Crippen molar-refractivity contribution in [3.63, 3.8) is 0 Å². The molecule has 0 saturated carbocycles. The maximum Gasteiger partial charge on any atom is 0.495 e. The number of ether oxygens (including phenoxy) is 2. The van der Waals surface area contributed by atoms with Gasteiger partial charge in [0.05, 0.1) is 23.8 Å². The van der Waals surface area contributed by atoms with E-state index in [-0.39, 0.29) is 0 Å². The monoisotopic (exact) mass is 416 g/mol. The Balaban J connectivity index is 1.83. The van der Waals surface area contributed by atoms with Crippen molar-refractivity contribution < 1.29 is 23.6 Å². The van der Waals surface area contributed by atoms with Crippen LogP contribution in [0.3, 0.4) is 0 Å². The van der Waals surface area contributed by atoms with Gasteiger partial charge in [-0.1, -0.05) is 0 Å². The number of amides is 1. The van der Waals surface area contributed by atoms with Crippen molar-refractivity contribution in [1.82, 2.24) is 9.88 Å². The Morgan fingerprint density at radius 2 is 1.80 bits per heavy atom. The number of methoxy groups -OCH3 is 1. The summed E-state index contributed by atoms with van der Waals surface area (Å²) in [5.74, 6) is 0.729. The second-order valence-corrected chi connectivity index (χ2v) is 9.68. The van der Waals surface area contributed by atoms with Crippen LogP contribution in [-0.2, 0) is 20.6 Å². The molecule has 1 aromatic carbocycles. The molecule has 0 spiro atoms. The normalized spacial score (nSPS) is 17.9. The number of nitrogens with zero attached hydrogens (tertiary/aromatic N) is 1. The second kappa shape index (κ2) is 7.82. The number of carbonyl (C=O) groups is 1. The van der Waals surface area contributed by atoms with E-state index in [4.69, 9.17) is 18.8 Å². The van der Waals surface area contributed by atoms with Gasteiger partial charge < -0.3 is 28.7 Å². The number of alkyl carbamates (subject to hydrolysis) is 1. The van der Waals surface area contributed by atoms with Crippen molar-refractivity contribution in [3.05, 3.63) is 24.4 Å². The third-order valence-corrected chi connectivity index (χ3v) is 5.66. The Bertz CT molecular complexity index is 913. The molecule has 2 aromatic rings. The molecular weight excluding hydrogens is 383 g/mol. The van der Waals surface area contributed by atoms with Crippen LogP contribution in [-0.4, -0.2) is 48.2 Å². The van der Waals surface area contributed by atoms with Crippen LogP contribution in [0, 0.1) is 0 Å². The van der Waals surface area contributed by atoms with Crippen molar-refractivity contribution in [2.45, 2.75) is 71.8 Å². The van der Waals surface area contributed by atoms with Crippen molar-refractivity contribution in [3.8, 4) is 5.75 Å². The molecule has 1 saturated heterocycles. The summed E-state index contributed by atoms with van der Waals surface area (Å²) in [6.45, 7) is 14.7. The molecule has 0 aliphatic carbocycles. The number of nitrogens with one attached hydrogen (secondary N) is 1. The zero-order valence-electron chi connectivity index (χ0n) is 19.3. The lowest BCUT2D eigenvalue weighted by Crippen LogP contribution is -2.41. The SMILES string of the molecule is COc1cc(B2OC(C)(C)C(C)(C)O2)c2ccn(CCNC(=O)OC(C)(C)C)c2c1. The molecule has 30 heavy (non-hydrogen) atoms. The van der Waals surface area contributed by atoms with Crippen LogP contribution >= 0.6 is 0 Å². The number of benzene rings is 1. The van der Waals surface area contributed by atoms with Crippen molar-refractivity contribution in [1.29, 1.82) is 0 Å². The molecule has 1 aliphatic rings. The van der Waals surface area contributed by atoms with Gasteiger partial charge in [0.2, 0.25) is 0 Å². The van der Waals surface area contributed by atoms with E-state index in [1.807, 2.05) is 72.9 Å². The molecule has 1 aliphatic heterocycles. The van der Waals surface area contributed by atoms with Crippen LogP contribution < -0.4 is 15.5 Å². The molecule has 1 N–H and O–H groups in total. The standard InChI is InChI=1S/C22H33BN2O5/c1-20(2,3)28-19(26)24-10-12-25-11-9-16-17(13-15(27-8)14-18(16)25)23-29-21(4,5)22(6,7)30-23/h9,11,13-14H,10,12H2,1-8H3,(H,24,26). The van der Waals surface area contributed by atoms with Gasteiger partial charge in [-0.2, -0.15) is 0 Å². The van der Waals surface area contributed by atoms with Crippen molar-refractivity contribution in [2.24, 2.45) is 0 Å². The highest BCUT2D eigenvalue weighted by Gasteiger charge is 2.52. The van der Waals surface area contributed by atoms with E-state index < -0.39 is 30.0 Å². The largest absolute Gasteiger partial charge is 0.497 e. The van der Waals surface area contributed by atoms with Gasteiger partial charge in [-0.3, -0.25) is 0 Å². The maximum atomic E-state index is 11.9. The number of hydrogen-bond acceptors (Lipinski definition) is 5. The fraction of sp³-hybridized carbons (Fsp3) is 0.591. The smallest absolute Gasteiger partial charge is 0.495 e. The summed E-state index contributed by atoms with van der Waals surface area (Å²) < 4.78 is 25.4. The van der Waals surface area contributed by atoms with Crippen LogP contribution in [0.25, 0.3) is 10.9 Å². The lowest BCUT2D eigenvalue weighted by molar-refractivity contribution is 0.00578. The highest BCUT2D eigenvalue weighted by atomic mass is 16.7. The van der Waals surface area contributed by atoms with Crippen LogP contribution in [0.4, 0.5) is 4.79 Å². The molecule has 2 heterocycles. The van der Waals surface area contributed by atoms with Crippen LogP contribution in [0.5, 0.6) is 5.75 Å². The first kappa shape index (κ1) is 22.5. The van der Waals surface area contributed by atoms with E-state index in [0.717, 1.165) is 22.1 Å². The van der Waals surface area contributed by atoms with Crippen molar-refractivity contribution in [2.75, 3.05) is 13.7 Å². The van der Waals surface area contributed by atoms with Gasteiger partial charge in [-0.25, -0.2) is 4.79 Å². The van der Waals surface area contributed by atoms with E-state index in [0.29, 0.717) is 13.1 Å². The summed E-state index contributed by atoms with van der Waals surface area (Å²) in [4.78, 5) is 11.9. The van der Waals surface area contributed by atoms with Gasteiger partial charge in [0.15, 0.2) is 0 Å². The Morgan fingerprint density at radius 3 is 2.37 bits per heavy atom. The van der Waals surface area contributed by atoms with E-state index in [1.165, 1.54) is 0 Å². The topological polar surface area (TPSA) is 71.0 Å². The first-order valence-corrected chi connectivity index (χ1v) is 10.3. The number of rotatable bonds is 5. The number of fused-ring (bicyclic) bond motifs is 1. The fourth-order valence-electron chi connectivity index (χ4n) is 3.37. The predicted octanol–water partition coefficient (Wildman–Crippen LogP) is 3.47.